The highest BCUT2D eigenvalue weighted by Crippen LogP contribution is 2.34. The number of carboxylic acid groups (broad SMARTS) is 1. The van der Waals surface area contributed by atoms with Crippen molar-refractivity contribution in [3.63, 3.8) is 0 Å². The molecule has 5 N–H and O–H groups in total. The molecule has 0 bridgehead atoms. The molecule has 1 saturated heterocycles. The maximum absolute atomic E-state index is 13.3. The van der Waals surface area contributed by atoms with Crippen molar-refractivity contribution in [1.82, 2.24) is 4.98 Å². The van der Waals surface area contributed by atoms with Crippen molar-refractivity contribution in [1.29, 1.82) is 0 Å². The highest BCUT2D eigenvalue weighted by atomic mass is 32.1. The van der Waals surface area contributed by atoms with Crippen molar-refractivity contribution >= 4 is 34.9 Å². The van der Waals surface area contributed by atoms with E-state index in [4.69, 9.17) is 10.5 Å². The van der Waals surface area contributed by atoms with E-state index in [0.29, 0.717) is 6.42 Å². The number of aryl methyl sites for hydroxylation is 1. The molecule has 208 valence electrons. The van der Waals surface area contributed by atoms with E-state index >= 15 is 0 Å². The summed E-state index contributed by atoms with van der Waals surface area (Å²) < 4.78 is 6.04. The Morgan fingerprint density at radius 2 is 1.89 bits per heavy atom. The van der Waals surface area contributed by atoms with Gasteiger partial charge in [0.2, 0.25) is 0 Å². The lowest BCUT2D eigenvalue weighted by molar-refractivity contribution is -0.180. The van der Waals surface area contributed by atoms with Crippen LogP contribution in [0.1, 0.15) is 71.5 Å². The van der Waals surface area contributed by atoms with Crippen LogP contribution in [0.4, 0.5) is 0 Å². The summed E-state index contributed by atoms with van der Waals surface area (Å²) in [5, 5.41) is 34.7. The first-order valence-corrected chi connectivity index (χ1v) is 13.6. The summed E-state index contributed by atoms with van der Waals surface area (Å²) in [6, 6.07) is -0.497. The molecule has 1 aromatic rings. The topological polar surface area (TPSA) is 160 Å². The van der Waals surface area contributed by atoms with Crippen molar-refractivity contribution < 1.29 is 34.4 Å². The lowest BCUT2D eigenvalue weighted by Crippen LogP contribution is -2.53. The fourth-order valence-corrected chi connectivity index (χ4v) is 5.34. The highest BCUT2D eigenvalue weighted by molar-refractivity contribution is 7.09. The summed E-state index contributed by atoms with van der Waals surface area (Å²) in [5.74, 6) is -4.20. The van der Waals surface area contributed by atoms with E-state index < -0.39 is 59.5 Å². The second kappa shape index (κ2) is 12.7. The molecule has 9 nitrogen and oxygen atoms in total. The number of aliphatic hydroxyl groups is 2. The molecule has 1 unspecified atom stereocenters. The third kappa shape index (κ3) is 7.54. The molecule has 0 aliphatic carbocycles. The number of carboxylic acids is 1. The van der Waals surface area contributed by atoms with Crippen molar-refractivity contribution in [2.24, 2.45) is 28.9 Å². The molecule has 1 aliphatic heterocycles. The van der Waals surface area contributed by atoms with Crippen LogP contribution < -0.4 is 5.73 Å². The predicted octanol–water partition coefficient (Wildman–Crippen LogP) is 3.00. The van der Waals surface area contributed by atoms with Crippen LogP contribution in [0.2, 0.25) is 0 Å². The monoisotopic (exact) mass is 538 g/mol. The molecule has 1 fully saturated rings. The summed E-state index contributed by atoms with van der Waals surface area (Å²) in [6.45, 7) is 11.6. The van der Waals surface area contributed by atoms with E-state index in [1.54, 1.807) is 6.92 Å². The Morgan fingerprint density at radius 3 is 2.43 bits per heavy atom. The third-order valence-electron chi connectivity index (χ3n) is 7.74. The number of aliphatic hydroxyl groups excluding tert-OH is 2. The van der Waals surface area contributed by atoms with E-state index in [0.717, 1.165) is 16.3 Å². The van der Waals surface area contributed by atoms with E-state index in [1.165, 1.54) is 32.1 Å². The van der Waals surface area contributed by atoms with Gasteiger partial charge in [-0.05, 0) is 38.7 Å². The van der Waals surface area contributed by atoms with Crippen LogP contribution in [0.3, 0.4) is 0 Å². The normalized spacial score (nSPS) is 33.2. The number of aromatic nitrogens is 1. The minimum absolute atomic E-state index is 0.131. The predicted molar refractivity (Wildman–Crippen MR) is 142 cm³/mol. The quantitative estimate of drug-likeness (QED) is 0.442. The summed E-state index contributed by atoms with van der Waals surface area (Å²) in [6.07, 6.45) is -2.76. The van der Waals surface area contributed by atoms with Gasteiger partial charge >= 0.3 is 5.97 Å². The molecule has 1 aromatic heterocycles. The van der Waals surface area contributed by atoms with Gasteiger partial charge in [0.15, 0.2) is 6.10 Å². The molecule has 10 heteroatoms. The Bertz CT molecular complexity index is 1000. The molecule has 0 spiro atoms. The van der Waals surface area contributed by atoms with Crippen LogP contribution >= 0.6 is 11.3 Å². The second-order valence-electron chi connectivity index (χ2n) is 11.0. The molecule has 0 saturated carbocycles. The van der Waals surface area contributed by atoms with Crippen molar-refractivity contribution in [2.45, 2.75) is 98.2 Å². The number of carbonyl (C=O) groups is 3. The van der Waals surface area contributed by atoms with Gasteiger partial charge in [0.25, 0.3) is 0 Å². The second-order valence-corrected chi connectivity index (χ2v) is 12.1. The van der Waals surface area contributed by atoms with Crippen molar-refractivity contribution in [3.05, 3.63) is 21.7 Å². The standard InChI is InChI=1S/C27H42N2O7S/c1-13-8-9-20(30)15(3)22(31)16(4)24(32)27(6,7)25(33)23(26(34)35)36-21(13)11-19(28)14(2)10-18-12-37-17(5)29-18/h10,12-13,15-16,19,21-23,25,31,33H,8-9,11,28H2,1-7H3,(H,34,35)/b14-10+/t13-,15+,16-,19+,21+,22+,23?,25-/m1/s1. The molecule has 2 rings (SSSR count). The molecule has 0 amide bonds. The van der Waals surface area contributed by atoms with Crippen molar-refractivity contribution in [3.8, 4) is 0 Å². The number of Topliss-reactive ketones (excluding diaryl/α,β-unsaturated/α-hetero) is 2. The number of thiazole rings is 1. The van der Waals surface area contributed by atoms with E-state index in [2.05, 4.69) is 4.98 Å². The highest BCUT2D eigenvalue weighted by Gasteiger charge is 2.48. The molecule has 1 aliphatic rings. The molecule has 0 aromatic carbocycles. The summed E-state index contributed by atoms with van der Waals surface area (Å²) in [5.41, 5.74) is 6.54. The average Bonchev–Trinajstić information content (AvgIpc) is 3.25. The Balaban J connectivity index is 2.44. The van der Waals surface area contributed by atoms with Crippen LogP contribution in [-0.4, -0.2) is 68.3 Å². The van der Waals surface area contributed by atoms with Gasteiger partial charge in [0, 0.05) is 29.7 Å². The maximum atomic E-state index is 13.3. The summed E-state index contributed by atoms with van der Waals surface area (Å²) >= 11 is 1.52. The SMILES string of the molecule is C/C(=C\c1csc(C)n1)[C@@H](N)C[C@@H]1OC(C(=O)O)[C@@H](O)C(C)(C)C(=O)[C@H](C)[C@@H](O)[C@@H](C)C(=O)CC[C@H]1C. The largest absolute Gasteiger partial charge is 0.479 e. The van der Waals surface area contributed by atoms with Gasteiger partial charge < -0.3 is 25.8 Å². The smallest absolute Gasteiger partial charge is 0.335 e. The number of hydrogen-bond donors (Lipinski definition) is 4. The molecular weight excluding hydrogens is 496 g/mol. The number of hydrogen-bond acceptors (Lipinski definition) is 9. The summed E-state index contributed by atoms with van der Waals surface area (Å²) in [4.78, 5) is 42.8. The number of aliphatic carboxylic acids is 1. The van der Waals surface area contributed by atoms with Crippen LogP contribution in [0, 0.1) is 30.1 Å². The molecule has 2 heterocycles. The van der Waals surface area contributed by atoms with Crippen molar-refractivity contribution in [2.75, 3.05) is 0 Å². The first-order valence-electron chi connectivity index (χ1n) is 12.7. The number of carbonyl (C=O) groups excluding carboxylic acids is 2. The minimum atomic E-state index is -1.71. The van der Waals surface area contributed by atoms with Crippen LogP contribution in [0.15, 0.2) is 11.0 Å². The van der Waals surface area contributed by atoms with E-state index in [9.17, 15) is 29.7 Å². The fraction of sp³-hybridized carbons (Fsp3) is 0.704. The number of rotatable bonds is 5. The number of nitrogens with two attached hydrogens (primary N) is 1. The van der Waals surface area contributed by atoms with Crippen LogP contribution in [-0.2, 0) is 19.1 Å². The van der Waals surface area contributed by atoms with E-state index in [1.807, 2.05) is 32.2 Å². The lowest BCUT2D eigenvalue weighted by atomic mass is 9.72. The fourth-order valence-electron chi connectivity index (χ4n) is 4.77. The molecule has 8 atom stereocenters. The van der Waals surface area contributed by atoms with Gasteiger partial charge in [-0.15, -0.1) is 11.3 Å². The van der Waals surface area contributed by atoms with Gasteiger partial charge in [-0.25, -0.2) is 9.78 Å². The Kier molecular flexibility index (Phi) is 10.7. The average molecular weight is 539 g/mol. The molecule has 0 radical (unpaired) electrons. The Hall–Kier alpha value is -1.98. The lowest BCUT2D eigenvalue weighted by Gasteiger charge is -2.38. The van der Waals surface area contributed by atoms with Gasteiger partial charge in [0.05, 0.1) is 28.3 Å². The van der Waals surface area contributed by atoms with E-state index in [-0.39, 0.29) is 24.5 Å². The number of ether oxygens (including phenoxy) is 1. The van der Waals surface area contributed by atoms with Crippen LogP contribution in [0.25, 0.3) is 6.08 Å². The first-order chi connectivity index (χ1) is 17.1. The van der Waals surface area contributed by atoms with Gasteiger partial charge in [-0.1, -0.05) is 40.2 Å². The van der Waals surface area contributed by atoms with Crippen LogP contribution in [0.5, 0.6) is 0 Å². The number of nitrogens with zero attached hydrogens (tertiary/aromatic N) is 1. The Labute approximate surface area is 223 Å². The molecule has 37 heavy (non-hydrogen) atoms. The zero-order chi connectivity index (χ0) is 28.2. The minimum Gasteiger partial charge on any atom is -0.479 e. The third-order valence-corrected chi connectivity index (χ3v) is 8.53. The van der Waals surface area contributed by atoms with Gasteiger partial charge in [-0.2, -0.15) is 0 Å². The van der Waals surface area contributed by atoms with Gasteiger partial charge in [-0.3, -0.25) is 9.59 Å². The Morgan fingerprint density at radius 1 is 1.27 bits per heavy atom. The molecular formula is C27H42N2O7S. The summed E-state index contributed by atoms with van der Waals surface area (Å²) in [7, 11) is 0. The maximum Gasteiger partial charge on any atom is 0.335 e. The zero-order valence-corrected chi connectivity index (χ0v) is 23.6. The first kappa shape index (κ1) is 31.2. The van der Waals surface area contributed by atoms with Gasteiger partial charge in [0.1, 0.15) is 17.7 Å². The zero-order valence-electron chi connectivity index (χ0n) is 22.8. The number of ketones is 2.